The minimum atomic E-state index is -1.03. The number of benzene rings is 1. The molecule has 0 fully saturated rings. The van der Waals surface area contributed by atoms with E-state index in [-0.39, 0.29) is 11.8 Å². The Balaban J connectivity index is 1.79. The lowest BCUT2D eigenvalue weighted by molar-refractivity contribution is -0.137. The van der Waals surface area contributed by atoms with E-state index in [1.54, 1.807) is 24.3 Å². The molecule has 3 N–H and O–H groups in total. The number of nitrogens with two attached hydrogens (primary N) is 1. The van der Waals surface area contributed by atoms with Crippen LogP contribution in [-0.2, 0) is 4.79 Å². The van der Waals surface area contributed by atoms with Crippen LogP contribution in [-0.4, -0.2) is 51.9 Å². The quantitative estimate of drug-likeness (QED) is 0.571. The van der Waals surface area contributed by atoms with E-state index < -0.39 is 12.0 Å². The highest BCUT2D eigenvalue weighted by atomic mass is 32.2. The summed E-state index contributed by atoms with van der Waals surface area (Å²) in [5.74, 6) is -0.584. The van der Waals surface area contributed by atoms with Crippen LogP contribution in [0.15, 0.2) is 24.3 Å². The Morgan fingerprint density at radius 1 is 1.24 bits per heavy atom. The highest BCUT2D eigenvalue weighted by molar-refractivity contribution is 7.99. The predicted molar refractivity (Wildman–Crippen MR) is 79.4 cm³/mol. The predicted octanol–water partition coefficient (Wildman–Crippen LogP) is 0.818. The Morgan fingerprint density at radius 3 is 2.33 bits per heavy atom. The maximum absolute atomic E-state index is 12.1. The third-order valence-corrected chi connectivity index (χ3v) is 4.34. The molecule has 1 aliphatic heterocycles. The fraction of sp³-hybridized carbons (Fsp3) is 0.357. The Morgan fingerprint density at radius 2 is 1.81 bits per heavy atom. The number of hydrogen-bond donors (Lipinski definition) is 2. The summed E-state index contributed by atoms with van der Waals surface area (Å²) in [6.45, 7) is 0.335. The lowest BCUT2D eigenvalue weighted by atomic mass is 10.1. The standard InChI is InChI=1S/C14H16N2O4S/c15-11(14(19)20)8-21-7-3-6-16-12(17)9-4-1-2-5-10(9)13(16)18/h1-2,4-5,11H,3,6-8,15H2,(H,19,20)/t11-/m1/s1. The van der Waals surface area contributed by atoms with Crippen molar-refractivity contribution < 1.29 is 19.5 Å². The van der Waals surface area contributed by atoms with Gasteiger partial charge in [0.25, 0.3) is 11.8 Å². The molecule has 0 spiro atoms. The molecule has 6 nitrogen and oxygen atoms in total. The average molecular weight is 308 g/mol. The molecule has 1 aromatic carbocycles. The highest BCUT2D eigenvalue weighted by Crippen LogP contribution is 2.22. The van der Waals surface area contributed by atoms with Crippen molar-refractivity contribution in [3.8, 4) is 0 Å². The first-order valence-corrected chi connectivity index (χ1v) is 7.69. The number of hydrogen-bond acceptors (Lipinski definition) is 5. The van der Waals surface area contributed by atoms with Crippen molar-refractivity contribution in [2.24, 2.45) is 5.73 Å². The van der Waals surface area contributed by atoms with Gasteiger partial charge in [0.1, 0.15) is 6.04 Å². The van der Waals surface area contributed by atoms with Gasteiger partial charge in [0.05, 0.1) is 11.1 Å². The first-order chi connectivity index (χ1) is 10.0. The Hall–Kier alpha value is -1.86. The lowest BCUT2D eigenvalue weighted by Crippen LogP contribution is -2.33. The van der Waals surface area contributed by atoms with E-state index in [0.29, 0.717) is 35.6 Å². The van der Waals surface area contributed by atoms with Gasteiger partial charge >= 0.3 is 5.97 Å². The van der Waals surface area contributed by atoms with E-state index in [1.165, 1.54) is 16.7 Å². The molecule has 7 heteroatoms. The number of fused-ring (bicyclic) bond motifs is 1. The van der Waals surface area contributed by atoms with Crippen molar-refractivity contribution in [3.05, 3.63) is 35.4 Å². The molecule has 1 heterocycles. The second-order valence-electron chi connectivity index (χ2n) is 4.68. The molecule has 0 aromatic heterocycles. The molecular formula is C14H16N2O4S. The van der Waals surface area contributed by atoms with Crippen molar-refractivity contribution >= 4 is 29.5 Å². The minimum Gasteiger partial charge on any atom is -0.480 e. The second kappa shape index (κ2) is 6.73. The molecule has 1 atom stereocenters. The molecule has 0 bridgehead atoms. The van der Waals surface area contributed by atoms with Gasteiger partial charge in [-0.05, 0) is 24.3 Å². The molecule has 0 saturated carbocycles. The molecule has 1 aromatic rings. The van der Waals surface area contributed by atoms with Gasteiger partial charge in [-0.2, -0.15) is 11.8 Å². The lowest BCUT2D eigenvalue weighted by Gasteiger charge is -2.13. The molecule has 0 radical (unpaired) electrons. The van der Waals surface area contributed by atoms with Crippen LogP contribution in [0.3, 0.4) is 0 Å². The SMILES string of the molecule is N[C@H](CSCCCN1C(=O)c2ccccc2C1=O)C(=O)O. The molecule has 2 rings (SSSR count). The van der Waals surface area contributed by atoms with E-state index in [2.05, 4.69) is 0 Å². The fourth-order valence-electron chi connectivity index (χ4n) is 2.05. The second-order valence-corrected chi connectivity index (χ2v) is 5.83. The van der Waals surface area contributed by atoms with Crippen molar-refractivity contribution in [1.29, 1.82) is 0 Å². The number of carbonyl (C=O) groups is 3. The zero-order chi connectivity index (χ0) is 15.4. The van der Waals surface area contributed by atoms with Crippen LogP contribution in [0, 0.1) is 0 Å². The minimum absolute atomic E-state index is 0.261. The number of thioether (sulfide) groups is 1. The number of rotatable bonds is 7. The van der Waals surface area contributed by atoms with Gasteiger partial charge < -0.3 is 10.8 Å². The molecule has 1 aliphatic rings. The molecule has 0 unspecified atom stereocenters. The molecule has 21 heavy (non-hydrogen) atoms. The summed E-state index contributed by atoms with van der Waals surface area (Å²) in [7, 11) is 0. The van der Waals surface area contributed by atoms with Gasteiger partial charge in [-0.3, -0.25) is 19.3 Å². The smallest absolute Gasteiger partial charge is 0.321 e. The number of carboxylic acids is 1. The van der Waals surface area contributed by atoms with E-state index in [4.69, 9.17) is 10.8 Å². The monoisotopic (exact) mass is 308 g/mol. The van der Waals surface area contributed by atoms with Crippen LogP contribution in [0.5, 0.6) is 0 Å². The van der Waals surface area contributed by atoms with E-state index >= 15 is 0 Å². The van der Waals surface area contributed by atoms with Crippen LogP contribution >= 0.6 is 11.8 Å². The number of carbonyl (C=O) groups excluding carboxylic acids is 2. The van der Waals surface area contributed by atoms with Gasteiger partial charge in [0, 0.05) is 12.3 Å². The average Bonchev–Trinajstić information content (AvgIpc) is 2.71. The summed E-state index contributed by atoms with van der Waals surface area (Å²) in [4.78, 5) is 35.9. The Labute approximate surface area is 126 Å². The van der Waals surface area contributed by atoms with Crippen molar-refractivity contribution in [2.75, 3.05) is 18.1 Å². The third kappa shape index (κ3) is 3.43. The molecule has 112 valence electrons. The zero-order valence-electron chi connectivity index (χ0n) is 11.3. The van der Waals surface area contributed by atoms with Crippen LogP contribution in [0.4, 0.5) is 0 Å². The fourth-order valence-corrected chi connectivity index (χ4v) is 2.94. The van der Waals surface area contributed by atoms with Gasteiger partial charge in [-0.25, -0.2) is 0 Å². The van der Waals surface area contributed by atoms with Crippen LogP contribution in [0.25, 0.3) is 0 Å². The molecule has 0 aliphatic carbocycles. The Bertz CT molecular complexity index is 541. The summed E-state index contributed by atoms with van der Waals surface area (Å²) in [5, 5.41) is 8.64. The first-order valence-electron chi connectivity index (χ1n) is 6.53. The molecular weight excluding hydrogens is 292 g/mol. The number of imide groups is 1. The third-order valence-electron chi connectivity index (χ3n) is 3.16. The number of aliphatic carboxylic acids is 1. The summed E-state index contributed by atoms with van der Waals surface area (Å²) in [6, 6.07) is 5.88. The maximum atomic E-state index is 12.1. The van der Waals surface area contributed by atoms with Crippen LogP contribution in [0.2, 0.25) is 0 Å². The van der Waals surface area contributed by atoms with Crippen LogP contribution < -0.4 is 5.73 Å². The van der Waals surface area contributed by atoms with Gasteiger partial charge in [0.2, 0.25) is 0 Å². The topological polar surface area (TPSA) is 101 Å². The molecule has 0 saturated heterocycles. The molecule has 2 amide bonds. The van der Waals surface area contributed by atoms with Gasteiger partial charge in [-0.1, -0.05) is 12.1 Å². The van der Waals surface area contributed by atoms with E-state index in [9.17, 15) is 14.4 Å². The summed E-state index contributed by atoms with van der Waals surface area (Å²) in [5.41, 5.74) is 6.28. The van der Waals surface area contributed by atoms with Crippen molar-refractivity contribution in [2.45, 2.75) is 12.5 Å². The zero-order valence-corrected chi connectivity index (χ0v) is 12.1. The largest absolute Gasteiger partial charge is 0.480 e. The van der Waals surface area contributed by atoms with Gasteiger partial charge in [0.15, 0.2) is 0 Å². The summed E-state index contributed by atoms with van der Waals surface area (Å²) < 4.78 is 0. The maximum Gasteiger partial charge on any atom is 0.321 e. The first kappa shape index (κ1) is 15.5. The Kier molecular flexibility index (Phi) is 4.98. The summed E-state index contributed by atoms with van der Waals surface area (Å²) in [6.07, 6.45) is 0.614. The number of amides is 2. The summed E-state index contributed by atoms with van der Waals surface area (Å²) >= 11 is 1.40. The highest BCUT2D eigenvalue weighted by Gasteiger charge is 2.34. The van der Waals surface area contributed by atoms with E-state index in [1.807, 2.05) is 0 Å². The van der Waals surface area contributed by atoms with E-state index in [0.717, 1.165) is 0 Å². The number of carboxylic acid groups (broad SMARTS) is 1. The van der Waals surface area contributed by atoms with Crippen LogP contribution in [0.1, 0.15) is 27.1 Å². The number of nitrogens with zero attached hydrogens (tertiary/aromatic N) is 1. The van der Waals surface area contributed by atoms with Crippen molar-refractivity contribution in [1.82, 2.24) is 4.90 Å². The van der Waals surface area contributed by atoms with Crippen molar-refractivity contribution in [3.63, 3.8) is 0 Å². The normalized spacial score (nSPS) is 15.2. The van der Waals surface area contributed by atoms with Gasteiger partial charge in [-0.15, -0.1) is 0 Å².